The van der Waals surface area contributed by atoms with Gasteiger partial charge in [-0.15, -0.1) is 0 Å². The molecule has 3 atom stereocenters. The number of benzene rings is 2. The quantitative estimate of drug-likeness (QED) is 0.426. The average Bonchev–Trinajstić information content (AvgIpc) is 3.01. The highest BCUT2D eigenvalue weighted by Crippen LogP contribution is 2.36. The summed E-state index contributed by atoms with van der Waals surface area (Å²) < 4.78 is 11.1. The lowest BCUT2D eigenvalue weighted by molar-refractivity contribution is -0.140. The molecular formula is C34H44N4O5. The van der Waals surface area contributed by atoms with E-state index in [1.54, 1.807) is 0 Å². The molecule has 0 radical (unpaired) electrons. The van der Waals surface area contributed by atoms with Crippen LogP contribution in [0.15, 0.2) is 66.7 Å². The van der Waals surface area contributed by atoms with Gasteiger partial charge >= 0.3 is 0 Å². The van der Waals surface area contributed by atoms with Crippen molar-refractivity contribution in [1.82, 2.24) is 15.5 Å². The van der Waals surface area contributed by atoms with Gasteiger partial charge < -0.3 is 25.4 Å². The van der Waals surface area contributed by atoms with Crippen LogP contribution in [0.2, 0.25) is 0 Å². The Labute approximate surface area is 254 Å². The van der Waals surface area contributed by atoms with Crippen molar-refractivity contribution in [2.24, 2.45) is 11.3 Å². The first-order valence-electron chi connectivity index (χ1n) is 15.6. The number of rotatable bonds is 7. The minimum absolute atomic E-state index is 0.0470. The molecule has 3 N–H and O–H groups in total. The Kier molecular flexibility index (Phi) is 10.5. The fourth-order valence-corrected chi connectivity index (χ4v) is 6.40. The maximum atomic E-state index is 13.8. The molecule has 0 aliphatic carbocycles. The van der Waals surface area contributed by atoms with Gasteiger partial charge in [-0.3, -0.25) is 19.3 Å². The van der Waals surface area contributed by atoms with Gasteiger partial charge in [0.15, 0.2) is 0 Å². The van der Waals surface area contributed by atoms with E-state index in [1.165, 1.54) is 0 Å². The fraction of sp³-hybridized carbons (Fsp3) is 0.500. The molecule has 0 aromatic heterocycles. The van der Waals surface area contributed by atoms with Crippen LogP contribution in [0.4, 0.5) is 5.69 Å². The van der Waals surface area contributed by atoms with Crippen LogP contribution < -0.4 is 20.7 Å². The molecule has 2 aromatic rings. The summed E-state index contributed by atoms with van der Waals surface area (Å²) in [6.07, 6.45) is 8.09. The molecule has 0 saturated carbocycles. The maximum Gasteiger partial charge on any atom is 0.243 e. The number of anilines is 1. The number of fused-ring (bicyclic) bond motifs is 1. The molecule has 3 aliphatic rings. The van der Waals surface area contributed by atoms with Crippen LogP contribution in [0.25, 0.3) is 0 Å². The second-order valence-corrected chi connectivity index (χ2v) is 11.9. The number of hydrogen-bond donors (Lipinski definition) is 3. The summed E-state index contributed by atoms with van der Waals surface area (Å²) >= 11 is 0. The van der Waals surface area contributed by atoms with Gasteiger partial charge in [0.1, 0.15) is 11.8 Å². The van der Waals surface area contributed by atoms with E-state index in [0.717, 1.165) is 29.8 Å². The summed E-state index contributed by atoms with van der Waals surface area (Å²) in [5.74, 6) is 0.629. The normalized spacial score (nSPS) is 25.3. The van der Waals surface area contributed by atoms with Crippen LogP contribution in [0.5, 0.6) is 5.75 Å². The number of piperidine rings is 1. The van der Waals surface area contributed by atoms with Crippen molar-refractivity contribution in [3.8, 4) is 5.75 Å². The SMILES string of the molecule is CCOc1ccc(NC(=O)CN2CC[C@@H]3NC(=O)[C@H](Cc4ccccc4)NC(=O)C4(C/C=C/C[C@H]3C2)CCOCC4)cc1. The van der Waals surface area contributed by atoms with Crippen LogP contribution >= 0.6 is 0 Å². The molecular weight excluding hydrogens is 544 g/mol. The van der Waals surface area contributed by atoms with Crippen molar-refractivity contribution in [2.45, 2.75) is 57.5 Å². The van der Waals surface area contributed by atoms with E-state index in [9.17, 15) is 14.4 Å². The Bertz CT molecular complexity index is 1260. The molecule has 0 bridgehead atoms. The van der Waals surface area contributed by atoms with Gasteiger partial charge in [0, 0.05) is 44.5 Å². The van der Waals surface area contributed by atoms with E-state index in [2.05, 4.69) is 33.0 Å². The lowest BCUT2D eigenvalue weighted by Crippen LogP contribution is -2.58. The number of likely N-dealkylation sites (tertiary alicyclic amines) is 1. The first-order chi connectivity index (χ1) is 20.9. The number of nitrogens with one attached hydrogen (secondary N) is 3. The van der Waals surface area contributed by atoms with Crippen LogP contribution in [-0.4, -0.2) is 74.2 Å². The van der Waals surface area contributed by atoms with Gasteiger partial charge in [-0.1, -0.05) is 42.5 Å². The topological polar surface area (TPSA) is 109 Å². The first-order valence-corrected chi connectivity index (χ1v) is 15.6. The zero-order valence-electron chi connectivity index (χ0n) is 25.1. The summed E-state index contributed by atoms with van der Waals surface area (Å²) in [6.45, 7) is 5.28. The highest BCUT2D eigenvalue weighted by molar-refractivity contribution is 5.92. The number of carbonyl (C=O) groups is 3. The predicted octanol–water partition coefficient (Wildman–Crippen LogP) is 3.70. The molecule has 3 amide bonds. The Morgan fingerprint density at radius 1 is 1.05 bits per heavy atom. The Morgan fingerprint density at radius 3 is 2.56 bits per heavy atom. The molecule has 1 spiro atoms. The van der Waals surface area contributed by atoms with Crippen LogP contribution in [-0.2, 0) is 25.5 Å². The molecule has 9 heteroatoms. The number of hydrogen-bond acceptors (Lipinski definition) is 6. The van der Waals surface area contributed by atoms with E-state index < -0.39 is 11.5 Å². The number of nitrogens with zero attached hydrogens (tertiary/aromatic N) is 1. The molecule has 0 unspecified atom stereocenters. The molecule has 2 saturated heterocycles. The Balaban J connectivity index is 1.28. The summed E-state index contributed by atoms with van der Waals surface area (Å²) in [5.41, 5.74) is 1.15. The monoisotopic (exact) mass is 588 g/mol. The molecule has 5 rings (SSSR count). The van der Waals surface area contributed by atoms with Gasteiger partial charge in [0.25, 0.3) is 0 Å². The van der Waals surface area contributed by atoms with Crippen molar-refractivity contribution in [3.63, 3.8) is 0 Å². The van der Waals surface area contributed by atoms with Crippen molar-refractivity contribution in [3.05, 3.63) is 72.3 Å². The van der Waals surface area contributed by atoms with E-state index in [-0.39, 0.29) is 36.2 Å². The van der Waals surface area contributed by atoms with Gasteiger partial charge in [-0.25, -0.2) is 0 Å². The summed E-state index contributed by atoms with van der Waals surface area (Å²) in [7, 11) is 0. The second kappa shape index (κ2) is 14.7. The minimum atomic E-state index is -0.670. The third-order valence-corrected chi connectivity index (χ3v) is 8.91. The Morgan fingerprint density at radius 2 is 1.81 bits per heavy atom. The second-order valence-electron chi connectivity index (χ2n) is 11.9. The highest BCUT2D eigenvalue weighted by Gasteiger charge is 2.41. The van der Waals surface area contributed by atoms with Gasteiger partial charge in [0.2, 0.25) is 17.7 Å². The average molecular weight is 589 g/mol. The molecule has 43 heavy (non-hydrogen) atoms. The zero-order chi connectivity index (χ0) is 30.1. The van der Waals surface area contributed by atoms with E-state index in [4.69, 9.17) is 9.47 Å². The summed E-state index contributed by atoms with van der Waals surface area (Å²) in [6, 6.07) is 16.5. The molecule has 3 heterocycles. The molecule has 3 aliphatic heterocycles. The van der Waals surface area contributed by atoms with E-state index >= 15 is 0 Å². The van der Waals surface area contributed by atoms with Crippen LogP contribution in [0.3, 0.4) is 0 Å². The molecule has 230 valence electrons. The predicted molar refractivity (Wildman–Crippen MR) is 166 cm³/mol. The summed E-state index contributed by atoms with van der Waals surface area (Å²) in [4.78, 5) is 42.6. The first kappa shape index (κ1) is 30.8. The zero-order valence-corrected chi connectivity index (χ0v) is 25.1. The van der Waals surface area contributed by atoms with Crippen LogP contribution in [0, 0.1) is 11.3 Å². The largest absolute Gasteiger partial charge is 0.494 e. The van der Waals surface area contributed by atoms with Gasteiger partial charge in [0.05, 0.1) is 18.6 Å². The van der Waals surface area contributed by atoms with E-state index in [0.29, 0.717) is 58.6 Å². The third-order valence-electron chi connectivity index (χ3n) is 8.91. The molecule has 2 aromatic carbocycles. The van der Waals surface area contributed by atoms with Crippen molar-refractivity contribution in [2.75, 3.05) is 44.8 Å². The number of ether oxygens (including phenoxy) is 2. The minimum Gasteiger partial charge on any atom is -0.494 e. The highest BCUT2D eigenvalue weighted by atomic mass is 16.5. The lowest BCUT2D eigenvalue weighted by atomic mass is 9.75. The van der Waals surface area contributed by atoms with Gasteiger partial charge in [-0.05, 0) is 74.8 Å². The lowest BCUT2D eigenvalue weighted by Gasteiger charge is -2.40. The number of carbonyl (C=O) groups excluding carboxylic acids is 3. The smallest absolute Gasteiger partial charge is 0.243 e. The van der Waals surface area contributed by atoms with Crippen molar-refractivity contribution < 1.29 is 23.9 Å². The standard InChI is InChI=1S/C34H44N4O5/c1-2-43-28-13-11-27(12-14-28)35-31(39)24-38-19-15-29-26(23-38)10-6-7-16-34(17-20-42-21-18-34)33(41)37-30(32(40)36-29)22-25-8-4-3-5-9-25/h3-9,11-14,26,29-30H,2,10,15-24H2,1H3,(H,35,39)(H,36,40)(H,37,41)/b7-6+/t26-,29-,30-/m0/s1. The number of amides is 3. The molecule has 2 fully saturated rings. The fourth-order valence-electron chi connectivity index (χ4n) is 6.40. The Hall–Kier alpha value is -3.69. The van der Waals surface area contributed by atoms with E-state index in [1.807, 2.05) is 61.5 Å². The van der Waals surface area contributed by atoms with Crippen molar-refractivity contribution >= 4 is 23.4 Å². The summed E-state index contributed by atoms with van der Waals surface area (Å²) in [5, 5.41) is 9.43. The number of allylic oxidation sites excluding steroid dienone is 2. The molecule has 9 nitrogen and oxygen atoms in total. The maximum absolute atomic E-state index is 13.8. The van der Waals surface area contributed by atoms with Gasteiger partial charge in [-0.2, -0.15) is 0 Å². The third kappa shape index (κ3) is 8.24. The van der Waals surface area contributed by atoms with Crippen molar-refractivity contribution in [1.29, 1.82) is 0 Å². The van der Waals surface area contributed by atoms with Crippen LogP contribution in [0.1, 0.15) is 44.6 Å².